The molecule has 0 aromatic rings. The molecule has 96 valence electrons. The van der Waals surface area contributed by atoms with Crippen molar-refractivity contribution < 1.29 is 18.9 Å². The van der Waals surface area contributed by atoms with Gasteiger partial charge in [-0.05, 0) is 13.5 Å². The smallest absolute Gasteiger partial charge is 0.0986 e. The Bertz CT molecular complexity index is 179. The van der Waals surface area contributed by atoms with Gasteiger partial charge in [-0.3, -0.25) is 0 Å². The Kier molecular flexibility index (Phi) is 6.91. The Morgan fingerprint density at radius 3 is 2.50 bits per heavy atom. The molecular formula is C11H23NO4. The lowest BCUT2D eigenvalue weighted by atomic mass is 9.85. The molecule has 0 aromatic carbocycles. The van der Waals surface area contributed by atoms with Gasteiger partial charge in [0.05, 0.1) is 38.6 Å². The van der Waals surface area contributed by atoms with Gasteiger partial charge in [0, 0.05) is 20.3 Å². The van der Waals surface area contributed by atoms with Crippen LogP contribution in [-0.2, 0) is 18.9 Å². The van der Waals surface area contributed by atoms with Gasteiger partial charge in [0.2, 0.25) is 0 Å². The second-order valence-electron chi connectivity index (χ2n) is 3.85. The van der Waals surface area contributed by atoms with Crippen molar-refractivity contribution in [3.05, 3.63) is 0 Å². The van der Waals surface area contributed by atoms with Gasteiger partial charge in [0.1, 0.15) is 0 Å². The van der Waals surface area contributed by atoms with E-state index in [1.165, 1.54) is 0 Å². The largest absolute Gasteiger partial charge is 0.382 e. The minimum atomic E-state index is 0.170. The van der Waals surface area contributed by atoms with Crippen molar-refractivity contribution in [2.45, 2.75) is 24.7 Å². The Morgan fingerprint density at radius 1 is 1.12 bits per heavy atom. The molecule has 3 unspecified atom stereocenters. The van der Waals surface area contributed by atoms with Gasteiger partial charge in [-0.2, -0.15) is 0 Å². The first-order chi connectivity index (χ1) is 7.83. The first-order valence-corrected chi connectivity index (χ1v) is 5.71. The maximum atomic E-state index is 5.66. The van der Waals surface area contributed by atoms with Gasteiger partial charge in [0.15, 0.2) is 0 Å². The highest BCUT2D eigenvalue weighted by molar-refractivity contribution is 4.96. The third-order valence-electron chi connectivity index (χ3n) is 2.88. The molecule has 0 aromatic heterocycles. The van der Waals surface area contributed by atoms with Crippen molar-refractivity contribution in [2.24, 2.45) is 0 Å². The normalized spacial score (nSPS) is 29.1. The minimum absolute atomic E-state index is 0.170. The molecule has 5 nitrogen and oxygen atoms in total. The number of ether oxygens (including phenoxy) is 4. The van der Waals surface area contributed by atoms with Crippen LogP contribution in [0.15, 0.2) is 0 Å². The monoisotopic (exact) mass is 233 g/mol. The third-order valence-corrected chi connectivity index (χ3v) is 2.88. The summed E-state index contributed by atoms with van der Waals surface area (Å²) >= 11 is 0. The van der Waals surface area contributed by atoms with E-state index in [-0.39, 0.29) is 12.2 Å². The fraction of sp³-hybridized carbons (Fsp3) is 1.00. The van der Waals surface area contributed by atoms with E-state index in [1.54, 1.807) is 14.2 Å². The second-order valence-corrected chi connectivity index (χ2v) is 3.85. The predicted molar refractivity (Wildman–Crippen MR) is 60.7 cm³/mol. The van der Waals surface area contributed by atoms with Gasteiger partial charge in [0.25, 0.3) is 0 Å². The standard InChI is InChI=1S/C11H23NO4/c1-12-9-8-10(11(9)14-3)16-7-6-15-5-4-13-2/h9-12H,4-8H2,1-3H3. The molecule has 1 aliphatic rings. The molecule has 3 atom stereocenters. The van der Waals surface area contributed by atoms with Crippen molar-refractivity contribution in [2.75, 3.05) is 47.7 Å². The topological polar surface area (TPSA) is 49.0 Å². The number of hydrogen-bond acceptors (Lipinski definition) is 5. The summed E-state index contributed by atoms with van der Waals surface area (Å²) in [5.41, 5.74) is 0. The van der Waals surface area contributed by atoms with Crippen molar-refractivity contribution in [1.29, 1.82) is 0 Å². The lowest BCUT2D eigenvalue weighted by Crippen LogP contribution is -2.59. The number of rotatable bonds is 9. The maximum Gasteiger partial charge on any atom is 0.0986 e. The van der Waals surface area contributed by atoms with Crippen LogP contribution in [0.2, 0.25) is 0 Å². The molecule has 0 bridgehead atoms. The summed E-state index contributed by atoms with van der Waals surface area (Å²) in [6.45, 7) is 2.48. The molecule has 0 amide bonds. The van der Waals surface area contributed by atoms with Gasteiger partial charge in [-0.25, -0.2) is 0 Å². The van der Waals surface area contributed by atoms with E-state index in [4.69, 9.17) is 18.9 Å². The van der Waals surface area contributed by atoms with Crippen molar-refractivity contribution >= 4 is 0 Å². The molecule has 0 heterocycles. The molecule has 1 N–H and O–H groups in total. The molecule has 5 heteroatoms. The molecule has 1 fully saturated rings. The van der Waals surface area contributed by atoms with E-state index in [2.05, 4.69) is 5.32 Å². The average Bonchev–Trinajstić information content (AvgIpc) is 2.27. The second kappa shape index (κ2) is 7.97. The first-order valence-electron chi connectivity index (χ1n) is 5.71. The Labute approximate surface area is 97.4 Å². The molecular weight excluding hydrogens is 210 g/mol. The first kappa shape index (κ1) is 13.9. The highest BCUT2D eigenvalue weighted by atomic mass is 16.6. The number of likely N-dealkylation sites (N-methyl/N-ethyl adjacent to an activating group) is 1. The van der Waals surface area contributed by atoms with Crippen LogP contribution in [0.5, 0.6) is 0 Å². The summed E-state index contributed by atoms with van der Waals surface area (Å²) in [4.78, 5) is 0. The molecule has 0 saturated heterocycles. The van der Waals surface area contributed by atoms with Crippen LogP contribution in [0.3, 0.4) is 0 Å². The third kappa shape index (κ3) is 3.99. The Balaban J connectivity index is 1.97. The summed E-state index contributed by atoms with van der Waals surface area (Å²) in [6.07, 6.45) is 1.38. The van der Waals surface area contributed by atoms with Gasteiger partial charge >= 0.3 is 0 Å². The van der Waals surface area contributed by atoms with Crippen LogP contribution < -0.4 is 5.32 Å². The van der Waals surface area contributed by atoms with Crippen molar-refractivity contribution in [3.8, 4) is 0 Å². The summed E-state index contributed by atoms with van der Waals surface area (Å²) in [5.74, 6) is 0. The zero-order valence-corrected chi connectivity index (χ0v) is 10.4. The molecule has 0 aliphatic heterocycles. The van der Waals surface area contributed by atoms with Crippen LogP contribution in [-0.4, -0.2) is 65.9 Å². The van der Waals surface area contributed by atoms with Crippen LogP contribution in [0, 0.1) is 0 Å². The van der Waals surface area contributed by atoms with Gasteiger partial charge in [-0.15, -0.1) is 0 Å². The zero-order chi connectivity index (χ0) is 11.8. The average molecular weight is 233 g/mol. The van der Waals surface area contributed by atoms with Gasteiger partial charge < -0.3 is 24.3 Å². The lowest BCUT2D eigenvalue weighted by Gasteiger charge is -2.42. The quantitative estimate of drug-likeness (QED) is 0.570. The Hall–Kier alpha value is -0.200. The molecule has 1 saturated carbocycles. The van der Waals surface area contributed by atoms with Crippen LogP contribution in [0.4, 0.5) is 0 Å². The van der Waals surface area contributed by atoms with Crippen molar-refractivity contribution in [1.82, 2.24) is 5.32 Å². The Morgan fingerprint density at radius 2 is 1.88 bits per heavy atom. The van der Waals surface area contributed by atoms with E-state index in [1.807, 2.05) is 7.05 Å². The fourth-order valence-electron chi connectivity index (χ4n) is 1.85. The van der Waals surface area contributed by atoms with E-state index in [0.29, 0.717) is 32.5 Å². The van der Waals surface area contributed by atoms with E-state index >= 15 is 0 Å². The molecule has 1 rings (SSSR count). The van der Waals surface area contributed by atoms with E-state index < -0.39 is 0 Å². The summed E-state index contributed by atoms with van der Waals surface area (Å²) in [7, 11) is 5.33. The highest BCUT2D eigenvalue weighted by Crippen LogP contribution is 2.26. The molecule has 16 heavy (non-hydrogen) atoms. The minimum Gasteiger partial charge on any atom is -0.382 e. The number of nitrogens with one attached hydrogen (secondary N) is 1. The SMILES string of the molecule is CNC1CC(OCCOCCOC)C1OC. The zero-order valence-electron chi connectivity index (χ0n) is 10.4. The highest BCUT2D eigenvalue weighted by Gasteiger charge is 2.41. The number of methoxy groups -OCH3 is 2. The number of hydrogen-bond donors (Lipinski definition) is 1. The summed E-state index contributed by atoms with van der Waals surface area (Å²) < 4.78 is 21.2. The molecule has 0 spiro atoms. The van der Waals surface area contributed by atoms with Gasteiger partial charge in [-0.1, -0.05) is 0 Å². The summed E-state index contributed by atoms with van der Waals surface area (Å²) in [5, 5.41) is 3.20. The summed E-state index contributed by atoms with van der Waals surface area (Å²) in [6, 6.07) is 0.421. The fourth-order valence-corrected chi connectivity index (χ4v) is 1.85. The van der Waals surface area contributed by atoms with Crippen LogP contribution in [0.25, 0.3) is 0 Å². The van der Waals surface area contributed by atoms with E-state index in [9.17, 15) is 0 Å². The predicted octanol–water partition coefficient (Wildman–Crippen LogP) is 0.0413. The van der Waals surface area contributed by atoms with Crippen LogP contribution in [0.1, 0.15) is 6.42 Å². The lowest BCUT2D eigenvalue weighted by molar-refractivity contribution is -0.139. The molecule has 1 aliphatic carbocycles. The van der Waals surface area contributed by atoms with Crippen LogP contribution >= 0.6 is 0 Å². The maximum absolute atomic E-state index is 5.66. The van der Waals surface area contributed by atoms with Crippen molar-refractivity contribution in [3.63, 3.8) is 0 Å². The van der Waals surface area contributed by atoms with E-state index in [0.717, 1.165) is 6.42 Å². The molecule has 0 radical (unpaired) electrons.